The van der Waals surface area contributed by atoms with Crippen molar-refractivity contribution < 1.29 is 37.4 Å². The van der Waals surface area contributed by atoms with Gasteiger partial charge in [0.2, 0.25) is 11.4 Å². The largest absolute Gasteiger partial charge is 1.00 e. The summed E-state index contributed by atoms with van der Waals surface area (Å²) in [4.78, 5) is 0. The first-order valence-electron chi connectivity index (χ1n) is 6.98. The van der Waals surface area contributed by atoms with Crippen LogP contribution in [-0.4, -0.2) is 0 Å². The first kappa shape index (κ1) is 19.2. The van der Waals surface area contributed by atoms with Gasteiger partial charge < -0.3 is 32.8 Å². The molecule has 0 saturated heterocycles. The Hall–Kier alpha value is -1.12. The summed E-state index contributed by atoms with van der Waals surface area (Å²) in [5.41, 5.74) is 2.14. The summed E-state index contributed by atoms with van der Waals surface area (Å²) in [5, 5.41) is 0. The summed E-state index contributed by atoms with van der Waals surface area (Å²) >= 11 is 6.60. The zero-order valence-corrected chi connectivity index (χ0v) is 18.1. The molecule has 0 N–H and O–H groups in total. The van der Waals surface area contributed by atoms with Crippen LogP contribution >= 0.6 is 31.9 Å². The van der Waals surface area contributed by atoms with E-state index in [1.807, 2.05) is 61.7 Å². The van der Waals surface area contributed by atoms with Gasteiger partial charge in [-0.25, -0.2) is 0 Å². The molecule has 6 heteroatoms. The van der Waals surface area contributed by atoms with E-state index in [1.165, 1.54) is 0 Å². The van der Waals surface area contributed by atoms with Crippen LogP contribution in [0.25, 0.3) is 24.3 Å². The van der Waals surface area contributed by atoms with Gasteiger partial charge >= 0.3 is 0 Å². The van der Waals surface area contributed by atoms with Crippen molar-refractivity contribution >= 4 is 56.2 Å². The third-order valence-corrected chi connectivity index (χ3v) is 4.19. The fraction of sp³-hybridized carbons (Fsp3) is 0.0556. The van der Waals surface area contributed by atoms with Crippen molar-refractivity contribution in [2.75, 3.05) is 0 Å². The smallest absolute Gasteiger partial charge is 0.205 e. The van der Waals surface area contributed by atoms with Crippen LogP contribution in [0.1, 0.15) is 22.9 Å². The molecule has 3 rings (SSSR count). The zero-order valence-electron chi connectivity index (χ0n) is 12.7. The maximum Gasteiger partial charge on any atom is 0.205 e. The van der Waals surface area contributed by atoms with Crippen LogP contribution in [0, 0.1) is 0 Å². The molecule has 0 aliphatic rings. The SMILES string of the molecule is C[n+]1c(/C=C/c2ccc(Br)o2)cccc1/C=C/c1ccc(Br)o1.[I-]. The van der Waals surface area contributed by atoms with E-state index >= 15 is 0 Å². The average Bonchev–Trinajstić information content (AvgIpc) is 3.13. The maximum absolute atomic E-state index is 5.47. The average molecular weight is 563 g/mol. The van der Waals surface area contributed by atoms with Gasteiger partial charge in [0.15, 0.2) is 9.34 Å². The van der Waals surface area contributed by atoms with E-state index in [2.05, 4.69) is 48.6 Å². The monoisotopic (exact) mass is 561 g/mol. The number of hydrogen-bond donors (Lipinski definition) is 0. The van der Waals surface area contributed by atoms with Crippen molar-refractivity contribution in [3.05, 3.63) is 74.7 Å². The fourth-order valence-electron chi connectivity index (χ4n) is 2.12. The van der Waals surface area contributed by atoms with Gasteiger partial charge in [0, 0.05) is 24.3 Å². The van der Waals surface area contributed by atoms with Crippen LogP contribution in [0.2, 0.25) is 0 Å². The second-order valence-electron chi connectivity index (χ2n) is 4.88. The normalized spacial score (nSPS) is 11.3. The molecule has 3 nitrogen and oxygen atoms in total. The van der Waals surface area contributed by atoms with Crippen molar-refractivity contribution in [1.82, 2.24) is 0 Å². The molecule has 0 amide bonds. The highest BCUT2D eigenvalue weighted by Crippen LogP contribution is 2.17. The van der Waals surface area contributed by atoms with Gasteiger partial charge in [0.1, 0.15) is 18.6 Å². The number of halogens is 3. The van der Waals surface area contributed by atoms with Crippen molar-refractivity contribution in [3.8, 4) is 0 Å². The second kappa shape index (κ2) is 8.82. The Morgan fingerprint density at radius 1 is 0.750 bits per heavy atom. The lowest BCUT2D eigenvalue weighted by Crippen LogP contribution is -3.00. The Morgan fingerprint density at radius 2 is 1.21 bits per heavy atom. The third-order valence-electron chi connectivity index (χ3n) is 3.33. The minimum atomic E-state index is 0. The van der Waals surface area contributed by atoms with Gasteiger partial charge in [-0.3, -0.25) is 0 Å². The third kappa shape index (κ3) is 4.94. The number of aromatic nitrogens is 1. The summed E-state index contributed by atoms with van der Waals surface area (Å²) in [6.45, 7) is 0. The number of nitrogens with zero attached hydrogens (tertiary/aromatic N) is 1. The lowest BCUT2D eigenvalue weighted by atomic mass is 10.2. The van der Waals surface area contributed by atoms with Crippen LogP contribution < -0.4 is 28.5 Å². The van der Waals surface area contributed by atoms with Crippen molar-refractivity contribution in [1.29, 1.82) is 0 Å². The van der Waals surface area contributed by atoms with Crippen molar-refractivity contribution in [3.63, 3.8) is 0 Å². The lowest BCUT2D eigenvalue weighted by Gasteiger charge is -1.98. The summed E-state index contributed by atoms with van der Waals surface area (Å²) in [6.07, 6.45) is 7.92. The molecule has 0 atom stereocenters. The molecule has 0 unspecified atom stereocenters. The molecule has 0 aliphatic heterocycles. The topological polar surface area (TPSA) is 30.2 Å². The summed E-state index contributed by atoms with van der Waals surface area (Å²) in [5.74, 6) is 1.61. The molecule has 0 saturated carbocycles. The molecule has 0 spiro atoms. The predicted octanol–water partition coefficient (Wildman–Crippen LogP) is 2.57. The lowest BCUT2D eigenvalue weighted by molar-refractivity contribution is -0.675. The molecular formula is C18H14Br2INO2. The minimum Gasteiger partial charge on any atom is -1.00 e. The molecule has 3 heterocycles. The van der Waals surface area contributed by atoms with Crippen LogP contribution in [-0.2, 0) is 7.05 Å². The number of rotatable bonds is 4. The maximum atomic E-state index is 5.47. The number of furan rings is 2. The molecular weight excluding hydrogens is 549 g/mol. The van der Waals surface area contributed by atoms with E-state index < -0.39 is 0 Å². The standard InChI is InChI=1S/C18H14Br2NO2.HI/c1-21-13(5-7-15-9-11-17(19)22-15)3-2-4-14(21)6-8-16-10-12-18(20)23-16;/h2-12H,1H3;1H/q+1;/p-1/b7-5+,8-6+;. The Bertz CT molecular complexity index is 812. The van der Waals surface area contributed by atoms with Crippen molar-refractivity contribution in [2.45, 2.75) is 0 Å². The number of hydrogen-bond acceptors (Lipinski definition) is 2. The molecule has 3 aromatic heterocycles. The van der Waals surface area contributed by atoms with Crippen LogP contribution in [0.15, 0.2) is 60.6 Å². The van der Waals surface area contributed by atoms with E-state index in [0.717, 1.165) is 32.2 Å². The Labute approximate surface area is 174 Å². The first-order chi connectivity index (χ1) is 11.1. The fourth-order valence-corrected chi connectivity index (χ4v) is 2.76. The Morgan fingerprint density at radius 3 is 1.58 bits per heavy atom. The molecule has 0 aliphatic carbocycles. The van der Waals surface area contributed by atoms with Gasteiger partial charge in [-0.2, -0.15) is 4.57 Å². The molecule has 24 heavy (non-hydrogen) atoms. The molecule has 3 aromatic rings. The van der Waals surface area contributed by atoms with E-state index in [4.69, 9.17) is 8.83 Å². The van der Waals surface area contributed by atoms with Gasteiger partial charge in [-0.1, -0.05) is 0 Å². The molecule has 0 radical (unpaired) electrons. The van der Waals surface area contributed by atoms with Crippen molar-refractivity contribution in [2.24, 2.45) is 7.05 Å². The van der Waals surface area contributed by atoms with E-state index in [9.17, 15) is 0 Å². The predicted molar refractivity (Wildman–Crippen MR) is 98.3 cm³/mol. The van der Waals surface area contributed by atoms with Crippen LogP contribution in [0.3, 0.4) is 0 Å². The molecule has 0 aromatic carbocycles. The highest BCUT2D eigenvalue weighted by molar-refractivity contribution is 9.10. The molecule has 124 valence electrons. The van der Waals surface area contributed by atoms with Gasteiger partial charge in [-0.15, -0.1) is 0 Å². The first-order valence-corrected chi connectivity index (χ1v) is 8.56. The quantitative estimate of drug-likeness (QED) is 0.362. The van der Waals surface area contributed by atoms with E-state index in [1.54, 1.807) is 0 Å². The Kier molecular flexibility index (Phi) is 7.06. The summed E-state index contributed by atoms with van der Waals surface area (Å²) in [7, 11) is 2.02. The molecule has 0 bridgehead atoms. The zero-order chi connectivity index (χ0) is 16.2. The highest BCUT2D eigenvalue weighted by Gasteiger charge is 2.08. The number of pyridine rings is 1. The van der Waals surface area contributed by atoms with Crippen LogP contribution in [0.5, 0.6) is 0 Å². The van der Waals surface area contributed by atoms with Gasteiger partial charge in [-0.05, 0) is 74.3 Å². The van der Waals surface area contributed by atoms with E-state index in [-0.39, 0.29) is 24.0 Å². The second-order valence-corrected chi connectivity index (χ2v) is 6.45. The molecule has 0 fully saturated rings. The van der Waals surface area contributed by atoms with Gasteiger partial charge in [0.05, 0.1) is 0 Å². The summed E-state index contributed by atoms with van der Waals surface area (Å²) in [6, 6.07) is 13.7. The highest BCUT2D eigenvalue weighted by atomic mass is 127. The minimum absolute atomic E-state index is 0. The van der Waals surface area contributed by atoms with E-state index in [0.29, 0.717) is 0 Å². The Balaban J connectivity index is 0.00000208. The summed E-state index contributed by atoms with van der Waals surface area (Å²) < 4.78 is 14.5. The van der Waals surface area contributed by atoms with Gasteiger partial charge in [0.25, 0.3) is 0 Å². The van der Waals surface area contributed by atoms with Crippen LogP contribution in [0.4, 0.5) is 0 Å².